The van der Waals surface area contributed by atoms with Gasteiger partial charge in [0.2, 0.25) is 5.91 Å². The van der Waals surface area contributed by atoms with E-state index in [-0.39, 0.29) is 18.3 Å². The first kappa shape index (κ1) is 17.0. The van der Waals surface area contributed by atoms with Crippen LogP contribution in [0.5, 0.6) is 0 Å². The maximum Gasteiger partial charge on any atom is 0.240 e. The number of ether oxygens (including phenoxy) is 1. The monoisotopic (exact) mass is 298 g/mol. The predicted octanol–water partition coefficient (Wildman–Crippen LogP) is 2.85. The van der Waals surface area contributed by atoms with E-state index >= 15 is 0 Å². The molecule has 0 radical (unpaired) electrons. The molecule has 1 atom stereocenters. The van der Waals surface area contributed by atoms with Gasteiger partial charge in [0.1, 0.15) is 0 Å². The van der Waals surface area contributed by atoms with Crippen molar-refractivity contribution in [2.45, 2.75) is 51.4 Å². The van der Waals surface area contributed by atoms with Crippen molar-refractivity contribution in [3.63, 3.8) is 0 Å². The van der Waals surface area contributed by atoms with Gasteiger partial charge in [0.25, 0.3) is 0 Å². The van der Waals surface area contributed by atoms with Crippen LogP contribution in [0.3, 0.4) is 0 Å². The molecule has 0 bridgehead atoms. The Morgan fingerprint density at radius 3 is 2.50 bits per heavy atom. The zero-order valence-electron chi connectivity index (χ0n) is 11.8. The van der Waals surface area contributed by atoms with Crippen molar-refractivity contribution in [2.24, 2.45) is 5.73 Å². The van der Waals surface area contributed by atoms with Gasteiger partial charge in [-0.2, -0.15) is 0 Å². The Morgan fingerprint density at radius 1 is 1.35 bits per heavy atom. The molecule has 1 aromatic rings. The van der Waals surface area contributed by atoms with Crippen LogP contribution in [0.2, 0.25) is 0 Å². The van der Waals surface area contributed by atoms with Gasteiger partial charge in [-0.05, 0) is 37.5 Å². The van der Waals surface area contributed by atoms with Crippen molar-refractivity contribution in [3.8, 4) is 0 Å². The highest BCUT2D eigenvalue weighted by Gasteiger charge is 2.15. The largest absolute Gasteiger partial charge is 0.374 e. The summed E-state index contributed by atoms with van der Waals surface area (Å²) in [5, 5.41) is 2.76. The second kappa shape index (κ2) is 8.25. The van der Waals surface area contributed by atoms with Crippen LogP contribution in [0.4, 0.5) is 5.69 Å². The number of halogens is 1. The fourth-order valence-electron chi connectivity index (χ4n) is 2.21. The number of carbonyl (C=O) groups excluding carboxylic acids is 1. The summed E-state index contributed by atoms with van der Waals surface area (Å²) >= 11 is 0. The lowest BCUT2D eigenvalue weighted by atomic mass is 10.2. The molecule has 4 nitrogen and oxygen atoms in total. The Balaban J connectivity index is 0.00000200. The molecule has 5 heteroatoms. The second-order valence-electron chi connectivity index (χ2n) is 5.19. The summed E-state index contributed by atoms with van der Waals surface area (Å²) in [7, 11) is 0. The smallest absolute Gasteiger partial charge is 0.240 e. The third-order valence-electron chi connectivity index (χ3n) is 3.42. The fourth-order valence-corrected chi connectivity index (χ4v) is 2.21. The molecule has 1 aliphatic rings. The molecule has 1 amide bonds. The number of carbonyl (C=O) groups is 1. The number of hydrogen-bond donors (Lipinski definition) is 2. The molecule has 112 valence electrons. The van der Waals surface area contributed by atoms with E-state index in [4.69, 9.17) is 10.5 Å². The Morgan fingerprint density at radius 2 is 1.95 bits per heavy atom. The Kier molecular flexibility index (Phi) is 6.99. The number of rotatable bonds is 5. The first-order valence-corrected chi connectivity index (χ1v) is 6.92. The van der Waals surface area contributed by atoms with Crippen molar-refractivity contribution < 1.29 is 9.53 Å². The lowest BCUT2D eigenvalue weighted by Gasteiger charge is -2.12. The van der Waals surface area contributed by atoms with Gasteiger partial charge >= 0.3 is 0 Å². The minimum atomic E-state index is -0.495. The van der Waals surface area contributed by atoms with Crippen LogP contribution < -0.4 is 11.1 Å². The van der Waals surface area contributed by atoms with E-state index in [1.165, 1.54) is 25.7 Å². The lowest BCUT2D eigenvalue weighted by Crippen LogP contribution is -2.32. The number of benzene rings is 1. The highest BCUT2D eigenvalue weighted by molar-refractivity contribution is 5.94. The van der Waals surface area contributed by atoms with Crippen molar-refractivity contribution in [3.05, 3.63) is 29.8 Å². The zero-order valence-corrected chi connectivity index (χ0v) is 12.6. The molecule has 1 aliphatic carbocycles. The molecule has 0 aromatic heterocycles. The SMILES string of the molecule is C[C@@H](N)C(=O)Nc1ccc(COC2CCCC2)cc1.Cl. The molecule has 0 spiro atoms. The summed E-state index contributed by atoms with van der Waals surface area (Å²) in [6, 6.07) is 7.23. The molecule has 2 rings (SSSR count). The Labute approximate surface area is 126 Å². The van der Waals surface area contributed by atoms with Gasteiger partial charge in [-0.3, -0.25) is 4.79 Å². The molecule has 1 saturated carbocycles. The topological polar surface area (TPSA) is 64.4 Å². The highest BCUT2D eigenvalue weighted by atomic mass is 35.5. The Bertz CT molecular complexity index is 414. The maximum absolute atomic E-state index is 11.4. The second-order valence-corrected chi connectivity index (χ2v) is 5.19. The molecular weight excluding hydrogens is 276 g/mol. The molecule has 0 saturated heterocycles. The number of hydrogen-bond acceptors (Lipinski definition) is 3. The van der Waals surface area contributed by atoms with Gasteiger partial charge in [-0.15, -0.1) is 12.4 Å². The van der Waals surface area contributed by atoms with Crippen molar-refractivity contribution in [2.75, 3.05) is 5.32 Å². The molecule has 1 fully saturated rings. The third kappa shape index (κ3) is 5.12. The van der Waals surface area contributed by atoms with Gasteiger partial charge in [-0.25, -0.2) is 0 Å². The van der Waals surface area contributed by atoms with E-state index in [0.29, 0.717) is 12.7 Å². The van der Waals surface area contributed by atoms with E-state index in [0.717, 1.165) is 11.3 Å². The van der Waals surface area contributed by atoms with Crippen LogP contribution in [-0.4, -0.2) is 18.1 Å². The summed E-state index contributed by atoms with van der Waals surface area (Å²) in [5.41, 5.74) is 7.40. The van der Waals surface area contributed by atoms with Crippen LogP contribution in [0, 0.1) is 0 Å². The minimum absolute atomic E-state index is 0. The average molecular weight is 299 g/mol. The molecule has 0 aliphatic heterocycles. The van der Waals surface area contributed by atoms with Crippen LogP contribution in [0.15, 0.2) is 24.3 Å². The summed E-state index contributed by atoms with van der Waals surface area (Å²) < 4.78 is 5.84. The Hall–Kier alpha value is -1.10. The number of anilines is 1. The third-order valence-corrected chi connectivity index (χ3v) is 3.42. The first-order valence-electron chi connectivity index (χ1n) is 6.92. The maximum atomic E-state index is 11.4. The highest BCUT2D eigenvalue weighted by Crippen LogP contribution is 2.22. The fraction of sp³-hybridized carbons (Fsp3) is 0.533. The first-order chi connectivity index (χ1) is 9.15. The molecule has 0 heterocycles. The minimum Gasteiger partial charge on any atom is -0.374 e. The van der Waals surface area contributed by atoms with Crippen LogP contribution in [0.1, 0.15) is 38.2 Å². The zero-order chi connectivity index (χ0) is 13.7. The lowest BCUT2D eigenvalue weighted by molar-refractivity contribution is -0.117. The van der Waals surface area contributed by atoms with E-state index in [1.807, 2.05) is 24.3 Å². The van der Waals surface area contributed by atoms with Gasteiger partial charge in [-0.1, -0.05) is 25.0 Å². The number of nitrogens with one attached hydrogen (secondary N) is 1. The molecule has 1 aromatic carbocycles. The van der Waals surface area contributed by atoms with Crippen molar-refractivity contribution >= 4 is 24.0 Å². The van der Waals surface area contributed by atoms with E-state index in [9.17, 15) is 4.79 Å². The van der Waals surface area contributed by atoms with Crippen molar-refractivity contribution in [1.29, 1.82) is 0 Å². The normalized spacial score (nSPS) is 16.5. The molecular formula is C15H23ClN2O2. The molecule has 3 N–H and O–H groups in total. The van der Waals surface area contributed by atoms with Gasteiger partial charge in [0, 0.05) is 5.69 Å². The van der Waals surface area contributed by atoms with E-state index < -0.39 is 6.04 Å². The van der Waals surface area contributed by atoms with E-state index in [2.05, 4.69) is 5.32 Å². The summed E-state index contributed by atoms with van der Waals surface area (Å²) in [6.45, 7) is 2.31. The van der Waals surface area contributed by atoms with Crippen LogP contribution in [-0.2, 0) is 16.1 Å². The average Bonchev–Trinajstić information content (AvgIpc) is 2.91. The molecule has 0 unspecified atom stereocenters. The number of nitrogens with two attached hydrogens (primary N) is 1. The summed E-state index contributed by atoms with van der Waals surface area (Å²) in [5.74, 6) is -0.171. The van der Waals surface area contributed by atoms with Gasteiger partial charge < -0.3 is 15.8 Å². The van der Waals surface area contributed by atoms with Crippen molar-refractivity contribution in [1.82, 2.24) is 0 Å². The van der Waals surface area contributed by atoms with Crippen LogP contribution in [0.25, 0.3) is 0 Å². The predicted molar refractivity (Wildman–Crippen MR) is 83.0 cm³/mol. The van der Waals surface area contributed by atoms with Gasteiger partial charge in [0.05, 0.1) is 18.8 Å². The standard InChI is InChI=1S/C15H22N2O2.ClH/c1-11(16)15(18)17-13-8-6-12(7-9-13)10-19-14-4-2-3-5-14;/h6-9,11,14H,2-5,10,16H2,1H3,(H,17,18);1H/t11-;/m1./s1. The van der Waals surface area contributed by atoms with Crippen LogP contribution >= 0.6 is 12.4 Å². The summed E-state index contributed by atoms with van der Waals surface area (Å²) in [6.07, 6.45) is 5.36. The quantitative estimate of drug-likeness (QED) is 0.878. The molecule has 20 heavy (non-hydrogen) atoms. The van der Waals surface area contributed by atoms with Gasteiger partial charge in [0.15, 0.2) is 0 Å². The summed E-state index contributed by atoms with van der Waals surface area (Å²) in [4.78, 5) is 11.4. The van der Waals surface area contributed by atoms with E-state index in [1.54, 1.807) is 6.92 Å². The number of amides is 1.